The maximum atomic E-state index is 11.1. The van der Waals surface area contributed by atoms with Gasteiger partial charge in [0.05, 0.1) is 12.5 Å². The van der Waals surface area contributed by atoms with E-state index >= 15 is 0 Å². The van der Waals surface area contributed by atoms with E-state index in [1.807, 2.05) is 44.4 Å². The summed E-state index contributed by atoms with van der Waals surface area (Å²) in [6.45, 7) is 3.94. The van der Waals surface area contributed by atoms with Crippen molar-refractivity contribution in [3.63, 3.8) is 0 Å². The topological polar surface area (TPSA) is 80.9 Å². The molecule has 0 bridgehead atoms. The Labute approximate surface area is 127 Å². The molecular weight excluding hydrogens is 288 g/mol. The van der Waals surface area contributed by atoms with Crippen molar-refractivity contribution >= 4 is 17.7 Å². The Bertz CT molecular complexity index is 627. The van der Waals surface area contributed by atoms with Crippen molar-refractivity contribution in [1.29, 1.82) is 0 Å². The Kier molecular flexibility index (Phi) is 4.95. The van der Waals surface area contributed by atoms with Crippen LogP contribution in [0, 0.1) is 5.92 Å². The highest BCUT2D eigenvalue weighted by molar-refractivity contribution is 7.98. The molecule has 0 radical (unpaired) electrons. The fraction of sp³-hybridized carbons (Fsp3) is 0.429. The van der Waals surface area contributed by atoms with Crippen molar-refractivity contribution in [1.82, 2.24) is 20.2 Å². The van der Waals surface area contributed by atoms with Gasteiger partial charge in [0.1, 0.15) is 0 Å². The zero-order valence-corrected chi connectivity index (χ0v) is 13.0. The third kappa shape index (κ3) is 3.41. The van der Waals surface area contributed by atoms with E-state index < -0.39 is 5.97 Å². The molecule has 0 aliphatic carbocycles. The summed E-state index contributed by atoms with van der Waals surface area (Å²) in [5.41, 5.74) is 0.922. The van der Waals surface area contributed by atoms with Crippen molar-refractivity contribution < 1.29 is 9.90 Å². The van der Waals surface area contributed by atoms with Crippen molar-refractivity contribution in [2.75, 3.05) is 6.26 Å². The lowest BCUT2D eigenvalue weighted by Gasteiger charge is -2.20. The molecule has 2 rings (SSSR count). The predicted octanol–water partition coefficient (Wildman–Crippen LogP) is 2.73. The normalized spacial score (nSPS) is 12.6. The zero-order valence-electron chi connectivity index (χ0n) is 12.2. The SMILES string of the molecule is CSc1ccccc1-c1nnnn1C(CC(=O)O)C(C)C. The highest BCUT2D eigenvalue weighted by atomic mass is 32.2. The lowest BCUT2D eigenvalue weighted by atomic mass is 10.0. The van der Waals surface area contributed by atoms with Crippen LogP contribution in [0.25, 0.3) is 11.4 Å². The van der Waals surface area contributed by atoms with Crippen molar-refractivity contribution in [3.8, 4) is 11.4 Å². The van der Waals surface area contributed by atoms with E-state index in [1.165, 1.54) is 0 Å². The van der Waals surface area contributed by atoms with Crippen LogP contribution in [-0.2, 0) is 4.79 Å². The molecule has 0 aliphatic heterocycles. The smallest absolute Gasteiger partial charge is 0.305 e. The molecular formula is C14H18N4O2S. The highest BCUT2D eigenvalue weighted by Gasteiger charge is 2.25. The summed E-state index contributed by atoms with van der Waals surface area (Å²) >= 11 is 1.61. The van der Waals surface area contributed by atoms with Crippen LogP contribution in [0.4, 0.5) is 0 Å². The Morgan fingerprint density at radius 2 is 2.10 bits per heavy atom. The van der Waals surface area contributed by atoms with E-state index in [1.54, 1.807) is 16.4 Å². The average Bonchev–Trinajstić information content (AvgIpc) is 2.93. The molecule has 1 atom stereocenters. The summed E-state index contributed by atoms with van der Waals surface area (Å²) in [6.07, 6.45) is 1.99. The van der Waals surface area contributed by atoms with Gasteiger partial charge in [-0.1, -0.05) is 26.0 Å². The summed E-state index contributed by atoms with van der Waals surface area (Å²) in [5.74, 6) is -0.127. The summed E-state index contributed by atoms with van der Waals surface area (Å²) in [5, 5.41) is 21.0. The molecule has 0 fully saturated rings. The number of aliphatic carboxylic acids is 1. The molecule has 0 aliphatic rings. The van der Waals surface area contributed by atoms with Crippen LogP contribution in [0.3, 0.4) is 0 Å². The van der Waals surface area contributed by atoms with Crippen LogP contribution in [0.5, 0.6) is 0 Å². The quantitative estimate of drug-likeness (QED) is 0.826. The van der Waals surface area contributed by atoms with Gasteiger partial charge in [-0.25, -0.2) is 4.68 Å². The van der Waals surface area contributed by atoms with Gasteiger partial charge in [0.2, 0.25) is 0 Å². The second-order valence-electron chi connectivity index (χ2n) is 5.06. The molecule has 0 amide bonds. The molecule has 7 heteroatoms. The lowest BCUT2D eigenvalue weighted by Crippen LogP contribution is -2.21. The molecule has 1 heterocycles. The number of thioether (sulfide) groups is 1. The highest BCUT2D eigenvalue weighted by Crippen LogP contribution is 2.31. The molecule has 0 saturated carbocycles. The van der Waals surface area contributed by atoms with Gasteiger partial charge in [0, 0.05) is 10.5 Å². The maximum Gasteiger partial charge on any atom is 0.305 e. The van der Waals surface area contributed by atoms with Crippen LogP contribution in [0.2, 0.25) is 0 Å². The number of carbonyl (C=O) groups is 1. The molecule has 1 N–H and O–H groups in total. The number of nitrogens with zero attached hydrogens (tertiary/aromatic N) is 4. The van der Waals surface area contributed by atoms with Gasteiger partial charge >= 0.3 is 5.97 Å². The van der Waals surface area contributed by atoms with E-state index in [9.17, 15) is 4.79 Å². The Morgan fingerprint density at radius 1 is 1.38 bits per heavy atom. The number of carboxylic acid groups (broad SMARTS) is 1. The van der Waals surface area contributed by atoms with Crippen LogP contribution in [0.1, 0.15) is 26.3 Å². The molecule has 1 aromatic heterocycles. The van der Waals surface area contributed by atoms with E-state index in [0.717, 1.165) is 10.5 Å². The minimum absolute atomic E-state index is 0.00284. The molecule has 1 unspecified atom stereocenters. The summed E-state index contributed by atoms with van der Waals surface area (Å²) in [6, 6.07) is 7.56. The van der Waals surface area contributed by atoms with E-state index in [2.05, 4.69) is 15.5 Å². The monoisotopic (exact) mass is 306 g/mol. The Morgan fingerprint density at radius 3 is 2.71 bits per heavy atom. The minimum atomic E-state index is -0.853. The Balaban J connectivity index is 2.48. The fourth-order valence-electron chi connectivity index (χ4n) is 2.21. The summed E-state index contributed by atoms with van der Waals surface area (Å²) in [7, 11) is 0. The number of hydrogen-bond acceptors (Lipinski definition) is 5. The van der Waals surface area contributed by atoms with Crippen molar-refractivity contribution in [3.05, 3.63) is 24.3 Å². The number of rotatable bonds is 6. The van der Waals surface area contributed by atoms with Gasteiger partial charge in [-0.05, 0) is 34.7 Å². The largest absolute Gasteiger partial charge is 0.481 e. The molecule has 6 nitrogen and oxygen atoms in total. The predicted molar refractivity (Wildman–Crippen MR) is 81.2 cm³/mol. The van der Waals surface area contributed by atoms with Gasteiger partial charge in [0.15, 0.2) is 5.82 Å². The zero-order chi connectivity index (χ0) is 15.4. The molecule has 2 aromatic rings. The van der Waals surface area contributed by atoms with Crippen LogP contribution in [0.15, 0.2) is 29.2 Å². The van der Waals surface area contributed by atoms with Crippen molar-refractivity contribution in [2.45, 2.75) is 31.2 Å². The van der Waals surface area contributed by atoms with Gasteiger partial charge in [-0.2, -0.15) is 0 Å². The molecule has 112 valence electrons. The first-order chi connectivity index (χ1) is 10.0. The number of benzene rings is 1. The van der Waals surface area contributed by atoms with Gasteiger partial charge in [0.25, 0.3) is 0 Å². The molecule has 0 spiro atoms. The Hall–Kier alpha value is -1.89. The summed E-state index contributed by atoms with van der Waals surface area (Å²) < 4.78 is 1.63. The average molecular weight is 306 g/mol. The third-order valence-corrected chi connectivity index (χ3v) is 4.10. The first kappa shape index (κ1) is 15.5. The fourth-order valence-corrected chi connectivity index (χ4v) is 2.80. The lowest BCUT2D eigenvalue weighted by molar-refractivity contribution is -0.138. The standard InChI is InChI=1S/C14H18N4O2S/c1-9(2)11(8-13(19)20)18-14(15-16-17-18)10-6-4-5-7-12(10)21-3/h4-7,9,11H,8H2,1-3H3,(H,19,20). The first-order valence-corrected chi connectivity index (χ1v) is 7.90. The van der Waals surface area contributed by atoms with Crippen molar-refractivity contribution in [2.24, 2.45) is 5.92 Å². The minimum Gasteiger partial charge on any atom is -0.481 e. The molecule has 21 heavy (non-hydrogen) atoms. The molecule has 1 aromatic carbocycles. The number of carboxylic acids is 1. The van der Waals surface area contributed by atoms with E-state index in [4.69, 9.17) is 5.11 Å². The van der Waals surface area contributed by atoms with E-state index in [-0.39, 0.29) is 18.4 Å². The van der Waals surface area contributed by atoms with Gasteiger partial charge in [-0.15, -0.1) is 16.9 Å². The van der Waals surface area contributed by atoms with Crippen LogP contribution in [-0.4, -0.2) is 37.5 Å². The van der Waals surface area contributed by atoms with Crippen LogP contribution >= 0.6 is 11.8 Å². The second kappa shape index (κ2) is 6.71. The summed E-state index contributed by atoms with van der Waals surface area (Å²) in [4.78, 5) is 12.2. The second-order valence-corrected chi connectivity index (χ2v) is 5.90. The van der Waals surface area contributed by atoms with Gasteiger partial charge < -0.3 is 5.11 Å². The van der Waals surface area contributed by atoms with Gasteiger partial charge in [-0.3, -0.25) is 4.79 Å². The first-order valence-electron chi connectivity index (χ1n) is 6.67. The maximum absolute atomic E-state index is 11.1. The van der Waals surface area contributed by atoms with E-state index in [0.29, 0.717) is 5.82 Å². The molecule has 0 saturated heterocycles. The number of aromatic nitrogens is 4. The number of tetrazole rings is 1. The number of hydrogen-bond donors (Lipinski definition) is 1. The van der Waals surface area contributed by atoms with Crippen LogP contribution < -0.4 is 0 Å². The third-order valence-electron chi connectivity index (χ3n) is 3.31.